The number of aromatic nitrogens is 1. The van der Waals surface area contributed by atoms with E-state index in [0.717, 1.165) is 36.6 Å². The normalized spacial score (nSPS) is 13.2. The Hall–Kier alpha value is -2.85. The zero-order chi connectivity index (χ0) is 18.8. The lowest BCUT2D eigenvalue weighted by Crippen LogP contribution is -2.31. The molecule has 2 heterocycles. The second-order valence-corrected chi connectivity index (χ2v) is 7.19. The molecule has 1 amide bonds. The highest BCUT2D eigenvalue weighted by molar-refractivity contribution is 6.31. The molecule has 0 bridgehead atoms. The summed E-state index contributed by atoms with van der Waals surface area (Å²) in [5.41, 5.74) is 4.97. The molecule has 0 saturated heterocycles. The number of carbonyl (C=O) groups excluding carboxylic acids is 1. The quantitative estimate of drug-likeness (QED) is 0.709. The van der Waals surface area contributed by atoms with Gasteiger partial charge in [-0.2, -0.15) is 0 Å². The van der Waals surface area contributed by atoms with Crippen LogP contribution in [-0.4, -0.2) is 17.4 Å². The number of pyridine rings is 1. The van der Waals surface area contributed by atoms with Gasteiger partial charge in [0.25, 0.3) is 5.91 Å². The third kappa shape index (κ3) is 3.81. The van der Waals surface area contributed by atoms with Gasteiger partial charge in [-0.25, -0.2) is 4.98 Å². The third-order valence-electron chi connectivity index (χ3n) is 4.91. The molecule has 4 rings (SSSR count). The van der Waals surface area contributed by atoms with E-state index in [9.17, 15) is 4.79 Å². The Morgan fingerprint density at radius 2 is 1.93 bits per heavy atom. The summed E-state index contributed by atoms with van der Waals surface area (Å²) in [4.78, 5) is 19.4. The molecule has 0 aliphatic carbocycles. The van der Waals surface area contributed by atoms with Crippen molar-refractivity contribution in [2.75, 3.05) is 16.8 Å². The zero-order valence-corrected chi connectivity index (χ0v) is 15.8. The highest BCUT2D eigenvalue weighted by Crippen LogP contribution is 2.24. The number of hydrogen-bond donors (Lipinski definition) is 1. The number of amides is 1. The van der Waals surface area contributed by atoms with Crippen LogP contribution < -0.4 is 10.2 Å². The van der Waals surface area contributed by atoms with Crippen LogP contribution in [0.5, 0.6) is 0 Å². The fourth-order valence-corrected chi connectivity index (χ4v) is 3.52. The van der Waals surface area contributed by atoms with Crippen molar-refractivity contribution in [1.82, 2.24) is 4.98 Å². The van der Waals surface area contributed by atoms with Crippen molar-refractivity contribution in [3.05, 3.63) is 88.1 Å². The molecule has 1 aliphatic rings. The molecule has 0 atom stereocenters. The van der Waals surface area contributed by atoms with Gasteiger partial charge in [-0.05, 0) is 54.3 Å². The van der Waals surface area contributed by atoms with E-state index < -0.39 is 0 Å². The van der Waals surface area contributed by atoms with Crippen molar-refractivity contribution in [2.45, 2.75) is 19.9 Å². The summed E-state index contributed by atoms with van der Waals surface area (Å²) < 4.78 is 0. The molecule has 0 spiro atoms. The Morgan fingerprint density at radius 1 is 1.11 bits per heavy atom. The first-order valence-electron chi connectivity index (χ1n) is 8.95. The number of nitrogens with one attached hydrogen (secondary N) is 1. The summed E-state index contributed by atoms with van der Waals surface area (Å²) in [5, 5.41) is 3.54. The van der Waals surface area contributed by atoms with Crippen molar-refractivity contribution < 1.29 is 4.79 Å². The van der Waals surface area contributed by atoms with Gasteiger partial charge in [0.15, 0.2) is 0 Å². The van der Waals surface area contributed by atoms with Crippen LogP contribution in [0.4, 0.5) is 11.5 Å². The third-order valence-corrected chi connectivity index (χ3v) is 5.15. The fourth-order valence-electron chi connectivity index (χ4n) is 3.35. The number of carbonyl (C=O) groups is 1. The van der Waals surface area contributed by atoms with E-state index in [2.05, 4.69) is 39.5 Å². The van der Waals surface area contributed by atoms with Crippen LogP contribution in [0.15, 0.2) is 60.8 Å². The Bertz CT molecular complexity index is 1000. The monoisotopic (exact) mass is 377 g/mol. The second-order valence-electron chi connectivity index (χ2n) is 6.76. The number of benzene rings is 2. The predicted molar refractivity (Wildman–Crippen MR) is 110 cm³/mol. The molecule has 5 heteroatoms. The van der Waals surface area contributed by atoms with Crippen LogP contribution in [0, 0.1) is 6.92 Å². The summed E-state index contributed by atoms with van der Waals surface area (Å²) in [6.07, 6.45) is 2.67. The van der Waals surface area contributed by atoms with Gasteiger partial charge in [-0.3, -0.25) is 4.79 Å². The van der Waals surface area contributed by atoms with Crippen LogP contribution in [0.3, 0.4) is 0 Å². The van der Waals surface area contributed by atoms with Crippen molar-refractivity contribution in [3.63, 3.8) is 0 Å². The average Bonchev–Trinajstić information content (AvgIpc) is 2.70. The van der Waals surface area contributed by atoms with Gasteiger partial charge in [0, 0.05) is 35.6 Å². The van der Waals surface area contributed by atoms with E-state index in [1.54, 1.807) is 18.3 Å². The van der Waals surface area contributed by atoms with Crippen molar-refractivity contribution >= 4 is 29.0 Å². The maximum Gasteiger partial charge on any atom is 0.255 e. The minimum absolute atomic E-state index is 0.165. The maximum absolute atomic E-state index is 12.7. The van der Waals surface area contributed by atoms with E-state index in [4.69, 9.17) is 11.6 Å². The first-order chi connectivity index (χ1) is 13.1. The van der Waals surface area contributed by atoms with Crippen LogP contribution in [0.1, 0.15) is 27.0 Å². The number of rotatable bonds is 3. The number of anilines is 2. The minimum Gasteiger partial charge on any atom is -0.352 e. The standard InChI is InChI=1S/C22H20ClN3O/c1-15-6-7-19(23)13-20(15)25-22(27)17-8-10-24-21(12-17)26-11-9-16-4-2-3-5-18(16)14-26/h2-8,10,12-13H,9,11,14H2,1H3,(H,25,27). The van der Waals surface area contributed by atoms with Gasteiger partial charge in [0.1, 0.15) is 5.82 Å². The van der Waals surface area contributed by atoms with Gasteiger partial charge >= 0.3 is 0 Å². The van der Waals surface area contributed by atoms with Crippen LogP contribution in [-0.2, 0) is 13.0 Å². The number of hydrogen-bond acceptors (Lipinski definition) is 3. The lowest BCUT2D eigenvalue weighted by molar-refractivity contribution is 0.102. The van der Waals surface area contributed by atoms with Crippen molar-refractivity contribution in [3.8, 4) is 0 Å². The van der Waals surface area contributed by atoms with E-state index in [1.807, 2.05) is 25.1 Å². The molecular formula is C22H20ClN3O. The van der Waals surface area contributed by atoms with Crippen LogP contribution in [0.25, 0.3) is 0 Å². The Kier molecular flexibility index (Phi) is 4.82. The molecule has 1 aromatic heterocycles. The van der Waals surface area contributed by atoms with E-state index in [1.165, 1.54) is 11.1 Å². The Morgan fingerprint density at radius 3 is 2.78 bits per heavy atom. The molecule has 0 fully saturated rings. The number of fused-ring (bicyclic) bond motifs is 1. The highest BCUT2D eigenvalue weighted by atomic mass is 35.5. The van der Waals surface area contributed by atoms with E-state index >= 15 is 0 Å². The smallest absolute Gasteiger partial charge is 0.255 e. The molecule has 136 valence electrons. The molecule has 2 aromatic carbocycles. The van der Waals surface area contributed by atoms with Crippen LogP contribution >= 0.6 is 11.6 Å². The van der Waals surface area contributed by atoms with E-state index in [0.29, 0.717) is 10.6 Å². The summed E-state index contributed by atoms with van der Waals surface area (Å²) in [5.74, 6) is 0.654. The number of nitrogens with zero attached hydrogens (tertiary/aromatic N) is 2. The van der Waals surface area contributed by atoms with Gasteiger partial charge in [-0.15, -0.1) is 0 Å². The zero-order valence-electron chi connectivity index (χ0n) is 15.1. The average molecular weight is 378 g/mol. The Balaban J connectivity index is 1.54. The Labute approximate surface area is 163 Å². The molecule has 27 heavy (non-hydrogen) atoms. The van der Waals surface area contributed by atoms with Gasteiger partial charge in [0.05, 0.1) is 0 Å². The second kappa shape index (κ2) is 7.41. The number of aryl methyl sites for hydroxylation is 1. The largest absolute Gasteiger partial charge is 0.352 e. The summed E-state index contributed by atoms with van der Waals surface area (Å²) >= 11 is 6.05. The molecular weight excluding hydrogens is 358 g/mol. The first-order valence-corrected chi connectivity index (χ1v) is 9.33. The molecule has 3 aromatic rings. The van der Waals surface area contributed by atoms with Gasteiger partial charge < -0.3 is 10.2 Å². The summed E-state index contributed by atoms with van der Waals surface area (Å²) in [6.45, 7) is 3.64. The van der Waals surface area contributed by atoms with Crippen molar-refractivity contribution in [2.24, 2.45) is 0 Å². The van der Waals surface area contributed by atoms with Crippen molar-refractivity contribution in [1.29, 1.82) is 0 Å². The minimum atomic E-state index is -0.165. The molecule has 1 aliphatic heterocycles. The SMILES string of the molecule is Cc1ccc(Cl)cc1NC(=O)c1ccnc(N2CCc3ccccc3C2)c1. The van der Waals surface area contributed by atoms with Crippen LogP contribution in [0.2, 0.25) is 5.02 Å². The summed E-state index contributed by atoms with van der Waals surface area (Å²) in [6, 6.07) is 17.5. The van der Waals surface area contributed by atoms with E-state index in [-0.39, 0.29) is 5.91 Å². The predicted octanol–water partition coefficient (Wildman–Crippen LogP) is 4.86. The lowest BCUT2D eigenvalue weighted by Gasteiger charge is -2.29. The van der Waals surface area contributed by atoms with Gasteiger partial charge in [0.2, 0.25) is 0 Å². The molecule has 1 N–H and O–H groups in total. The van der Waals surface area contributed by atoms with Gasteiger partial charge in [-0.1, -0.05) is 41.9 Å². The molecule has 0 saturated carbocycles. The maximum atomic E-state index is 12.7. The number of halogens is 1. The highest BCUT2D eigenvalue weighted by Gasteiger charge is 2.18. The molecule has 0 radical (unpaired) electrons. The summed E-state index contributed by atoms with van der Waals surface area (Å²) in [7, 11) is 0. The topological polar surface area (TPSA) is 45.2 Å². The fraction of sp³-hybridized carbons (Fsp3) is 0.182. The first kappa shape index (κ1) is 17.6. The lowest BCUT2D eigenvalue weighted by atomic mass is 10.00. The molecule has 4 nitrogen and oxygen atoms in total. The molecule has 0 unspecified atom stereocenters.